The molecule has 0 unspecified atom stereocenters. The number of nitro groups is 1. The summed E-state index contributed by atoms with van der Waals surface area (Å²) in [7, 11) is 0. The van der Waals surface area contributed by atoms with Gasteiger partial charge in [-0.1, -0.05) is 11.6 Å². The van der Waals surface area contributed by atoms with Crippen LogP contribution in [0.4, 0.5) is 5.69 Å². The number of amides is 1. The highest BCUT2D eigenvalue weighted by atomic mass is 35.5. The standard InChI is InChI=1S/C14H17ClN2O4/c1-2-21-9-10-5-6-16(8-10)14(18)11-3-4-13(17(19)20)12(15)7-11/h3-4,7,10H,2,5-6,8-9H2,1H3/t10-/m1/s1. The molecule has 2 rings (SSSR count). The van der Waals surface area contributed by atoms with Crippen LogP contribution in [0.1, 0.15) is 23.7 Å². The highest BCUT2D eigenvalue weighted by Gasteiger charge is 2.27. The van der Waals surface area contributed by atoms with Crippen molar-refractivity contribution in [1.82, 2.24) is 4.90 Å². The van der Waals surface area contributed by atoms with Gasteiger partial charge < -0.3 is 9.64 Å². The van der Waals surface area contributed by atoms with Crippen LogP contribution >= 0.6 is 11.6 Å². The Morgan fingerprint density at radius 3 is 2.95 bits per heavy atom. The maximum atomic E-state index is 12.4. The van der Waals surface area contributed by atoms with Gasteiger partial charge in [0.2, 0.25) is 0 Å². The van der Waals surface area contributed by atoms with E-state index in [1.54, 1.807) is 4.90 Å². The average Bonchev–Trinajstić information content (AvgIpc) is 2.92. The van der Waals surface area contributed by atoms with E-state index in [4.69, 9.17) is 16.3 Å². The molecule has 1 aliphatic rings. The second kappa shape index (κ2) is 6.87. The van der Waals surface area contributed by atoms with E-state index in [0.29, 0.717) is 37.8 Å². The van der Waals surface area contributed by atoms with Crippen LogP contribution in [0.15, 0.2) is 18.2 Å². The van der Waals surface area contributed by atoms with Gasteiger partial charge in [0.25, 0.3) is 11.6 Å². The minimum Gasteiger partial charge on any atom is -0.381 e. The summed E-state index contributed by atoms with van der Waals surface area (Å²) in [6.45, 7) is 4.58. The Bertz CT molecular complexity index is 550. The van der Waals surface area contributed by atoms with Gasteiger partial charge in [0, 0.05) is 37.2 Å². The van der Waals surface area contributed by atoms with Gasteiger partial charge in [0.1, 0.15) is 5.02 Å². The van der Waals surface area contributed by atoms with Crippen molar-refractivity contribution in [1.29, 1.82) is 0 Å². The predicted molar refractivity (Wildman–Crippen MR) is 78.6 cm³/mol. The SMILES string of the molecule is CCOC[C@@H]1CCN(C(=O)c2ccc([N+](=O)[O-])c(Cl)c2)C1. The Kier molecular flexibility index (Phi) is 5.14. The number of hydrogen-bond donors (Lipinski definition) is 0. The van der Waals surface area contributed by atoms with Gasteiger partial charge in [-0.25, -0.2) is 0 Å². The molecule has 0 bridgehead atoms. The molecule has 114 valence electrons. The minimum absolute atomic E-state index is 0.0177. The van der Waals surface area contributed by atoms with Crippen molar-refractivity contribution in [3.63, 3.8) is 0 Å². The Balaban J connectivity index is 2.04. The second-order valence-corrected chi connectivity index (χ2v) is 5.40. The van der Waals surface area contributed by atoms with E-state index in [2.05, 4.69) is 0 Å². The molecular weight excluding hydrogens is 296 g/mol. The lowest BCUT2D eigenvalue weighted by molar-refractivity contribution is -0.384. The molecule has 6 nitrogen and oxygen atoms in total. The summed E-state index contributed by atoms with van der Waals surface area (Å²) >= 11 is 5.84. The Morgan fingerprint density at radius 2 is 2.33 bits per heavy atom. The zero-order valence-corrected chi connectivity index (χ0v) is 12.5. The molecule has 1 amide bonds. The summed E-state index contributed by atoms with van der Waals surface area (Å²) in [5, 5.41) is 10.7. The molecule has 1 aromatic rings. The van der Waals surface area contributed by atoms with Gasteiger partial charge in [-0.3, -0.25) is 14.9 Å². The lowest BCUT2D eigenvalue weighted by Crippen LogP contribution is -2.29. The Morgan fingerprint density at radius 1 is 1.57 bits per heavy atom. The number of nitro benzene ring substituents is 1. The largest absolute Gasteiger partial charge is 0.381 e. The first-order valence-electron chi connectivity index (χ1n) is 6.84. The van der Waals surface area contributed by atoms with Crippen molar-refractivity contribution in [3.8, 4) is 0 Å². The number of rotatable bonds is 5. The summed E-state index contributed by atoms with van der Waals surface area (Å²) in [4.78, 5) is 24.2. The van der Waals surface area contributed by atoms with E-state index in [1.807, 2.05) is 6.92 Å². The second-order valence-electron chi connectivity index (χ2n) is 4.99. The zero-order chi connectivity index (χ0) is 15.4. The van der Waals surface area contributed by atoms with Crippen LogP contribution in [0.25, 0.3) is 0 Å². The molecule has 1 fully saturated rings. The van der Waals surface area contributed by atoms with Gasteiger partial charge in [-0.2, -0.15) is 0 Å². The third kappa shape index (κ3) is 3.71. The van der Waals surface area contributed by atoms with E-state index in [9.17, 15) is 14.9 Å². The van der Waals surface area contributed by atoms with E-state index in [-0.39, 0.29) is 16.6 Å². The molecule has 0 saturated carbocycles. The quantitative estimate of drug-likeness (QED) is 0.619. The molecule has 0 aromatic heterocycles. The van der Waals surface area contributed by atoms with Crippen molar-refractivity contribution in [3.05, 3.63) is 38.9 Å². The lowest BCUT2D eigenvalue weighted by atomic mass is 10.1. The summed E-state index contributed by atoms with van der Waals surface area (Å²) in [5.41, 5.74) is 0.187. The molecule has 21 heavy (non-hydrogen) atoms. The number of hydrogen-bond acceptors (Lipinski definition) is 4. The lowest BCUT2D eigenvalue weighted by Gasteiger charge is -2.16. The number of nitrogens with zero attached hydrogens (tertiary/aromatic N) is 2. The molecule has 1 atom stereocenters. The summed E-state index contributed by atoms with van der Waals surface area (Å²) in [6, 6.07) is 4.07. The predicted octanol–water partition coefficient (Wildman–Crippen LogP) is 2.75. The van der Waals surface area contributed by atoms with Gasteiger partial charge in [-0.05, 0) is 25.5 Å². The van der Waals surface area contributed by atoms with Crippen LogP contribution in [-0.4, -0.2) is 42.0 Å². The number of carbonyl (C=O) groups excluding carboxylic acids is 1. The van der Waals surface area contributed by atoms with Crippen LogP contribution in [-0.2, 0) is 4.74 Å². The molecule has 0 spiro atoms. The molecule has 7 heteroatoms. The first kappa shape index (κ1) is 15.7. The van der Waals surface area contributed by atoms with Crippen molar-refractivity contribution >= 4 is 23.2 Å². The molecule has 1 aliphatic heterocycles. The smallest absolute Gasteiger partial charge is 0.287 e. The maximum Gasteiger partial charge on any atom is 0.287 e. The minimum atomic E-state index is -0.565. The third-order valence-corrected chi connectivity index (χ3v) is 3.82. The first-order chi connectivity index (χ1) is 10.0. The fourth-order valence-electron chi connectivity index (χ4n) is 2.41. The van der Waals surface area contributed by atoms with Gasteiger partial charge in [-0.15, -0.1) is 0 Å². The molecule has 1 aromatic carbocycles. The molecule has 0 aliphatic carbocycles. The van der Waals surface area contributed by atoms with Crippen LogP contribution in [0.3, 0.4) is 0 Å². The summed E-state index contributed by atoms with van der Waals surface area (Å²) in [5.74, 6) is 0.202. The van der Waals surface area contributed by atoms with Crippen molar-refractivity contribution in [2.75, 3.05) is 26.3 Å². The topological polar surface area (TPSA) is 72.7 Å². The van der Waals surface area contributed by atoms with Crippen LogP contribution < -0.4 is 0 Å². The van der Waals surface area contributed by atoms with Crippen molar-refractivity contribution in [2.24, 2.45) is 5.92 Å². The summed E-state index contributed by atoms with van der Waals surface area (Å²) < 4.78 is 5.38. The maximum absolute atomic E-state index is 12.4. The van der Waals surface area contributed by atoms with Crippen molar-refractivity contribution < 1.29 is 14.5 Å². The highest BCUT2D eigenvalue weighted by Crippen LogP contribution is 2.26. The van der Waals surface area contributed by atoms with Gasteiger partial charge >= 0.3 is 0 Å². The summed E-state index contributed by atoms with van der Waals surface area (Å²) in [6.07, 6.45) is 0.909. The Labute approximate surface area is 127 Å². The number of ether oxygens (including phenoxy) is 1. The molecule has 0 radical (unpaired) electrons. The highest BCUT2D eigenvalue weighted by molar-refractivity contribution is 6.33. The van der Waals surface area contributed by atoms with E-state index >= 15 is 0 Å². The Hall–Kier alpha value is -1.66. The molecule has 0 N–H and O–H groups in total. The number of benzene rings is 1. The van der Waals surface area contributed by atoms with E-state index < -0.39 is 4.92 Å². The fourth-order valence-corrected chi connectivity index (χ4v) is 2.66. The normalized spacial score (nSPS) is 18.0. The zero-order valence-electron chi connectivity index (χ0n) is 11.8. The molecule has 1 saturated heterocycles. The molecular formula is C14H17ClN2O4. The number of halogens is 1. The van der Waals surface area contributed by atoms with Crippen molar-refractivity contribution in [2.45, 2.75) is 13.3 Å². The van der Waals surface area contributed by atoms with Gasteiger partial charge in [0.05, 0.1) is 11.5 Å². The van der Waals surface area contributed by atoms with E-state index in [0.717, 1.165) is 6.42 Å². The third-order valence-electron chi connectivity index (χ3n) is 3.52. The van der Waals surface area contributed by atoms with Crippen LogP contribution in [0.2, 0.25) is 5.02 Å². The monoisotopic (exact) mass is 312 g/mol. The number of carbonyl (C=O) groups is 1. The van der Waals surface area contributed by atoms with Crippen LogP contribution in [0, 0.1) is 16.0 Å². The van der Waals surface area contributed by atoms with E-state index in [1.165, 1.54) is 18.2 Å². The number of likely N-dealkylation sites (tertiary alicyclic amines) is 1. The average molecular weight is 313 g/mol. The van der Waals surface area contributed by atoms with Gasteiger partial charge in [0.15, 0.2) is 0 Å². The van der Waals surface area contributed by atoms with Crippen LogP contribution in [0.5, 0.6) is 0 Å². The fraction of sp³-hybridized carbons (Fsp3) is 0.500. The molecule has 1 heterocycles. The first-order valence-corrected chi connectivity index (χ1v) is 7.21.